The summed E-state index contributed by atoms with van der Waals surface area (Å²) in [5.41, 5.74) is 1.07. The lowest BCUT2D eigenvalue weighted by molar-refractivity contribution is 0.104. The van der Waals surface area contributed by atoms with Crippen molar-refractivity contribution in [2.24, 2.45) is 0 Å². The Morgan fingerprint density at radius 1 is 1.08 bits per heavy atom. The molecule has 4 nitrogen and oxygen atoms in total. The minimum absolute atomic E-state index is 0.140. The molecule has 1 N–H and O–H groups in total. The van der Waals surface area contributed by atoms with Gasteiger partial charge in [-0.15, -0.1) is 0 Å². The molecule has 0 aliphatic carbocycles. The highest BCUT2D eigenvalue weighted by Gasteiger charge is 2.09. The summed E-state index contributed by atoms with van der Waals surface area (Å²) >= 11 is 0. The van der Waals surface area contributed by atoms with Crippen LogP contribution in [0.3, 0.4) is 0 Å². The molecule has 0 unspecified atom stereocenters. The van der Waals surface area contributed by atoms with Crippen molar-refractivity contribution in [2.75, 3.05) is 18.5 Å². The highest BCUT2D eigenvalue weighted by atomic mass is 16.5. The number of para-hydroxylation sites is 1. The fourth-order valence-electron chi connectivity index (χ4n) is 2.28. The molecule has 24 heavy (non-hydrogen) atoms. The lowest BCUT2D eigenvalue weighted by Crippen LogP contribution is -2.15. The molecular weight excluding hydrogens is 302 g/mol. The minimum Gasteiger partial charge on any atom is -0.493 e. The predicted octanol–water partition coefficient (Wildman–Crippen LogP) is 3.77. The molecule has 124 valence electrons. The van der Waals surface area contributed by atoms with Crippen LogP contribution in [0.4, 0.5) is 5.69 Å². The molecular formula is C20H21NO3. The van der Waals surface area contributed by atoms with Crippen LogP contribution in [-0.2, 0) is 0 Å². The van der Waals surface area contributed by atoms with Gasteiger partial charge in [0.1, 0.15) is 5.75 Å². The highest BCUT2D eigenvalue weighted by molar-refractivity contribution is 6.07. The molecule has 2 aromatic rings. The maximum absolute atomic E-state index is 12.4. The number of anilines is 1. The van der Waals surface area contributed by atoms with Gasteiger partial charge in [0, 0.05) is 12.1 Å². The second-order valence-corrected chi connectivity index (χ2v) is 5.07. The monoisotopic (exact) mass is 323 g/mol. The number of hydrogen-bond donors (Lipinski definition) is 1. The maximum Gasteiger partial charge on any atom is 0.212 e. The molecule has 0 bridgehead atoms. The Labute approximate surface area is 141 Å². The van der Waals surface area contributed by atoms with Gasteiger partial charge in [-0.2, -0.15) is 0 Å². The van der Waals surface area contributed by atoms with E-state index in [1.54, 1.807) is 30.3 Å². The summed E-state index contributed by atoms with van der Waals surface area (Å²) in [5.74, 6) is 0.375. The lowest BCUT2D eigenvalue weighted by atomic mass is 10.1. The van der Waals surface area contributed by atoms with Crippen molar-refractivity contribution in [2.45, 2.75) is 13.8 Å². The Morgan fingerprint density at radius 2 is 1.79 bits per heavy atom. The lowest BCUT2D eigenvalue weighted by Gasteiger charge is -2.06. The summed E-state index contributed by atoms with van der Waals surface area (Å²) in [4.78, 5) is 24.9. The molecule has 4 heteroatoms. The first-order chi connectivity index (χ1) is 11.7. The van der Waals surface area contributed by atoms with Crippen molar-refractivity contribution in [1.29, 1.82) is 0 Å². The third-order valence-electron chi connectivity index (χ3n) is 3.39. The minimum atomic E-state index is -0.332. The van der Waals surface area contributed by atoms with Gasteiger partial charge in [-0.05, 0) is 44.2 Å². The van der Waals surface area contributed by atoms with Crippen molar-refractivity contribution in [3.8, 4) is 5.75 Å². The van der Waals surface area contributed by atoms with E-state index < -0.39 is 0 Å². The second kappa shape index (κ2) is 8.67. The molecule has 0 heterocycles. The fourth-order valence-corrected chi connectivity index (χ4v) is 2.28. The highest BCUT2D eigenvalue weighted by Crippen LogP contribution is 2.19. The average Bonchev–Trinajstić information content (AvgIpc) is 2.77. The zero-order chi connectivity index (χ0) is 17.4. The molecule has 0 saturated carbocycles. The Hall–Kier alpha value is -2.88. The van der Waals surface area contributed by atoms with E-state index in [2.05, 4.69) is 5.32 Å². The van der Waals surface area contributed by atoms with Gasteiger partial charge in [-0.3, -0.25) is 9.59 Å². The van der Waals surface area contributed by atoms with Crippen molar-refractivity contribution >= 4 is 17.5 Å². The number of ether oxygens (including phenoxy) is 1. The molecule has 0 amide bonds. The summed E-state index contributed by atoms with van der Waals surface area (Å²) in [5, 5.41) is 2.98. The molecule has 0 radical (unpaired) electrons. The number of rotatable bonds is 7. The Morgan fingerprint density at radius 3 is 2.54 bits per heavy atom. The van der Waals surface area contributed by atoms with Crippen LogP contribution in [0.2, 0.25) is 0 Å². The van der Waals surface area contributed by atoms with Gasteiger partial charge in [0.05, 0.1) is 17.9 Å². The number of hydrogen-bond acceptors (Lipinski definition) is 4. The van der Waals surface area contributed by atoms with Crippen molar-refractivity contribution in [3.63, 3.8) is 0 Å². The van der Waals surface area contributed by atoms with Crippen molar-refractivity contribution < 1.29 is 9.53 Å². The first-order valence-corrected chi connectivity index (χ1v) is 7.98. The number of allylic oxidation sites excluding steroid dienone is 1. The van der Waals surface area contributed by atoms with E-state index in [-0.39, 0.29) is 16.8 Å². The van der Waals surface area contributed by atoms with E-state index in [0.717, 1.165) is 5.56 Å². The largest absolute Gasteiger partial charge is 0.493 e. The van der Waals surface area contributed by atoms with Crippen LogP contribution in [0.5, 0.6) is 5.75 Å². The number of benzene rings is 1. The SMILES string of the molecule is CCNc1ccccc(C(=O)C=Cc2ccccc2OCC)c1=O. The topological polar surface area (TPSA) is 55.4 Å². The smallest absolute Gasteiger partial charge is 0.212 e. The zero-order valence-electron chi connectivity index (χ0n) is 13.9. The van der Waals surface area contributed by atoms with E-state index in [1.165, 1.54) is 6.08 Å². The van der Waals surface area contributed by atoms with E-state index in [1.807, 2.05) is 38.1 Å². The first-order valence-electron chi connectivity index (χ1n) is 7.98. The average molecular weight is 323 g/mol. The molecule has 0 spiro atoms. The number of nitrogens with one attached hydrogen (secondary N) is 1. The third-order valence-corrected chi connectivity index (χ3v) is 3.39. The van der Waals surface area contributed by atoms with E-state index >= 15 is 0 Å². The molecule has 0 aliphatic heterocycles. The van der Waals surface area contributed by atoms with Gasteiger partial charge >= 0.3 is 0 Å². The van der Waals surface area contributed by atoms with Crippen LogP contribution in [0.25, 0.3) is 6.08 Å². The molecule has 0 saturated heterocycles. The first kappa shape index (κ1) is 17.5. The van der Waals surface area contributed by atoms with Crippen LogP contribution < -0.4 is 15.5 Å². The molecule has 2 aromatic carbocycles. The third kappa shape index (κ3) is 4.32. The summed E-state index contributed by atoms with van der Waals surface area (Å²) < 4.78 is 5.53. The van der Waals surface area contributed by atoms with Gasteiger partial charge < -0.3 is 10.1 Å². The van der Waals surface area contributed by atoms with E-state index in [4.69, 9.17) is 4.74 Å². The summed E-state index contributed by atoms with van der Waals surface area (Å²) in [6, 6.07) is 14.1. The normalized spacial score (nSPS) is 10.6. The number of ketones is 1. The Kier molecular flexibility index (Phi) is 6.32. The summed E-state index contributed by atoms with van der Waals surface area (Å²) in [7, 11) is 0. The summed E-state index contributed by atoms with van der Waals surface area (Å²) in [6.45, 7) is 4.97. The van der Waals surface area contributed by atoms with Gasteiger partial charge in [0.2, 0.25) is 5.43 Å². The van der Waals surface area contributed by atoms with Crippen LogP contribution in [0.1, 0.15) is 29.8 Å². The Bertz CT molecular complexity index is 797. The Balaban J connectivity index is 2.33. The predicted molar refractivity (Wildman–Crippen MR) is 97.9 cm³/mol. The van der Waals surface area contributed by atoms with Crippen molar-refractivity contribution in [1.82, 2.24) is 0 Å². The number of carbonyl (C=O) groups excluding carboxylic acids is 1. The second-order valence-electron chi connectivity index (χ2n) is 5.07. The number of carbonyl (C=O) groups is 1. The molecule has 0 atom stereocenters. The van der Waals surface area contributed by atoms with Gasteiger partial charge in [-0.1, -0.05) is 30.3 Å². The summed E-state index contributed by atoms with van der Waals surface area (Å²) in [6.07, 6.45) is 3.08. The standard InChI is InChI=1S/C20H21NO3/c1-3-21-17-11-7-6-10-16(20(17)23)18(22)14-13-15-9-5-8-12-19(15)24-4-2/h5-14H,3-4H2,1-2H3,(H,21,23). The van der Waals surface area contributed by atoms with Crippen molar-refractivity contribution in [3.05, 3.63) is 76.0 Å². The van der Waals surface area contributed by atoms with Gasteiger partial charge in [0.15, 0.2) is 5.78 Å². The van der Waals surface area contributed by atoms with Crippen LogP contribution in [-0.4, -0.2) is 18.9 Å². The zero-order valence-corrected chi connectivity index (χ0v) is 13.9. The van der Waals surface area contributed by atoms with E-state index in [9.17, 15) is 9.59 Å². The maximum atomic E-state index is 12.4. The molecule has 2 rings (SSSR count). The van der Waals surface area contributed by atoms with Gasteiger partial charge in [0.25, 0.3) is 0 Å². The molecule has 0 aliphatic rings. The van der Waals surface area contributed by atoms with E-state index in [0.29, 0.717) is 24.6 Å². The quantitative estimate of drug-likeness (QED) is 0.622. The molecule has 0 aromatic heterocycles. The van der Waals surface area contributed by atoms with Crippen LogP contribution in [0, 0.1) is 0 Å². The fraction of sp³-hybridized carbons (Fsp3) is 0.200. The molecule has 0 fully saturated rings. The van der Waals surface area contributed by atoms with Gasteiger partial charge in [-0.25, -0.2) is 0 Å². The van der Waals surface area contributed by atoms with Crippen LogP contribution in [0.15, 0.2) is 59.4 Å². The van der Waals surface area contributed by atoms with Crippen LogP contribution >= 0.6 is 0 Å².